The number of nitrogens with one attached hydrogen (secondary N) is 1. The zero-order valence-electron chi connectivity index (χ0n) is 13.2. The summed E-state index contributed by atoms with van der Waals surface area (Å²) in [5.41, 5.74) is 6.69. The third-order valence-electron chi connectivity index (χ3n) is 3.95. The molecule has 1 aromatic carbocycles. The number of benzene rings is 1. The number of nitrogens with two attached hydrogens (primary N) is 1. The average Bonchev–Trinajstić information content (AvgIpc) is 2.58. The number of carbonyl (C=O) groups is 1. The van der Waals surface area contributed by atoms with Gasteiger partial charge in [0.1, 0.15) is 0 Å². The van der Waals surface area contributed by atoms with Crippen LogP contribution in [0.3, 0.4) is 0 Å². The van der Waals surface area contributed by atoms with Crippen LogP contribution in [-0.2, 0) is 23.9 Å². The van der Waals surface area contributed by atoms with E-state index in [-0.39, 0.29) is 24.1 Å². The molecule has 0 aliphatic carbocycles. The topological polar surface area (TPSA) is 84.1 Å². The van der Waals surface area contributed by atoms with E-state index in [2.05, 4.69) is 15.3 Å². The molecule has 0 fully saturated rings. The van der Waals surface area contributed by atoms with Crippen molar-refractivity contribution < 1.29 is 18.0 Å². The maximum absolute atomic E-state index is 12.7. The molecule has 3 rings (SSSR count). The highest BCUT2D eigenvalue weighted by molar-refractivity contribution is 5.81. The van der Waals surface area contributed by atoms with Crippen LogP contribution in [0.15, 0.2) is 30.5 Å². The van der Waals surface area contributed by atoms with Gasteiger partial charge >= 0.3 is 6.18 Å². The van der Waals surface area contributed by atoms with Crippen molar-refractivity contribution in [2.75, 3.05) is 24.1 Å². The van der Waals surface area contributed by atoms with Gasteiger partial charge < -0.3 is 16.0 Å². The van der Waals surface area contributed by atoms with Gasteiger partial charge in [-0.1, -0.05) is 6.07 Å². The van der Waals surface area contributed by atoms with Gasteiger partial charge in [-0.2, -0.15) is 13.2 Å². The number of rotatable bonds is 3. The molecule has 25 heavy (non-hydrogen) atoms. The Balaban J connectivity index is 1.62. The minimum Gasteiger partial charge on any atom is -0.376 e. The number of hydrogen-bond acceptors (Lipinski definition) is 5. The Bertz CT molecular complexity index is 794. The molecule has 0 unspecified atom stereocenters. The number of hydrogen-bond donors (Lipinski definition) is 2. The molecule has 9 heteroatoms. The van der Waals surface area contributed by atoms with E-state index < -0.39 is 11.7 Å². The Morgan fingerprint density at radius 1 is 1.36 bits per heavy atom. The Morgan fingerprint density at radius 3 is 2.92 bits per heavy atom. The van der Waals surface area contributed by atoms with Crippen molar-refractivity contribution in [2.24, 2.45) is 0 Å². The maximum atomic E-state index is 12.7. The Labute approximate surface area is 141 Å². The summed E-state index contributed by atoms with van der Waals surface area (Å²) in [7, 11) is 0. The average molecular weight is 351 g/mol. The Kier molecular flexibility index (Phi) is 4.47. The van der Waals surface area contributed by atoms with Crippen molar-refractivity contribution in [1.82, 2.24) is 14.9 Å². The standard InChI is InChI=1S/C16H16F3N5O/c17-16(18,19)11-2-1-3-12(6-11)21-8-14(25)24-5-4-10-7-22-15(20)23-13(10)9-24/h1-3,6-7,21H,4-5,8-9H2,(H2,20,22,23). The van der Waals surface area contributed by atoms with Crippen LogP contribution in [0, 0.1) is 0 Å². The van der Waals surface area contributed by atoms with E-state index in [1.807, 2.05) is 0 Å². The molecule has 0 atom stereocenters. The summed E-state index contributed by atoms with van der Waals surface area (Å²) in [6, 6.07) is 4.75. The smallest absolute Gasteiger partial charge is 0.376 e. The number of fused-ring (bicyclic) bond motifs is 1. The molecular formula is C16H16F3N5O. The van der Waals surface area contributed by atoms with Gasteiger partial charge in [0.25, 0.3) is 0 Å². The third-order valence-corrected chi connectivity index (χ3v) is 3.95. The predicted molar refractivity (Wildman–Crippen MR) is 85.5 cm³/mol. The van der Waals surface area contributed by atoms with Crippen molar-refractivity contribution in [3.8, 4) is 0 Å². The molecule has 0 bridgehead atoms. The fraction of sp³-hybridized carbons (Fsp3) is 0.312. The molecule has 2 heterocycles. The number of nitrogens with zero attached hydrogens (tertiary/aromatic N) is 3. The first kappa shape index (κ1) is 17.0. The summed E-state index contributed by atoms with van der Waals surface area (Å²) in [4.78, 5) is 22.0. The molecule has 0 saturated carbocycles. The van der Waals surface area contributed by atoms with E-state index >= 15 is 0 Å². The van der Waals surface area contributed by atoms with Gasteiger partial charge in [0, 0.05) is 18.4 Å². The lowest BCUT2D eigenvalue weighted by atomic mass is 10.1. The number of anilines is 2. The van der Waals surface area contributed by atoms with Crippen LogP contribution in [0.5, 0.6) is 0 Å². The van der Waals surface area contributed by atoms with Gasteiger partial charge in [-0.15, -0.1) is 0 Å². The highest BCUT2D eigenvalue weighted by Gasteiger charge is 2.30. The maximum Gasteiger partial charge on any atom is 0.416 e. The normalized spacial score (nSPS) is 14.1. The fourth-order valence-electron chi connectivity index (χ4n) is 2.63. The van der Waals surface area contributed by atoms with Crippen molar-refractivity contribution in [1.29, 1.82) is 0 Å². The van der Waals surface area contributed by atoms with Crippen LogP contribution < -0.4 is 11.1 Å². The lowest BCUT2D eigenvalue weighted by Crippen LogP contribution is -2.39. The first-order valence-electron chi connectivity index (χ1n) is 7.62. The van der Waals surface area contributed by atoms with E-state index in [4.69, 9.17) is 5.73 Å². The summed E-state index contributed by atoms with van der Waals surface area (Å²) in [5.74, 6) is -0.0737. The zero-order valence-corrected chi connectivity index (χ0v) is 13.2. The molecule has 0 radical (unpaired) electrons. The molecule has 1 aliphatic heterocycles. The second-order valence-electron chi connectivity index (χ2n) is 5.70. The van der Waals surface area contributed by atoms with Crippen molar-refractivity contribution in [3.63, 3.8) is 0 Å². The first-order chi connectivity index (χ1) is 11.8. The van der Waals surface area contributed by atoms with E-state index in [1.54, 1.807) is 11.1 Å². The Morgan fingerprint density at radius 2 is 2.16 bits per heavy atom. The predicted octanol–water partition coefficient (Wildman–Crippen LogP) is 2.07. The highest BCUT2D eigenvalue weighted by atomic mass is 19.4. The molecule has 0 saturated heterocycles. The van der Waals surface area contributed by atoms with Crippen LogP contribution in [0.1, 0.15) is 16.8 Å². The summed E-state index contributed by atoms with van der Waals surface area (Å²) >= 11 is 0. The van der Waals surface area contributed by atoms with Gasteiger partial charge in [0.15, 0.2) is 0 Å². The number of carbonyl (C=O) groups excluding carboxylic acids is 1. The second-order valence-corrected chi connectivity index (χ2v) is 5.70. The van der Waals surface area contributed by atoms with E-state index in [0.29, 0.717) is 25.2 Å². The van der Waals surface area contributed by atoms with E-state index in [9.17, 15) is 18.0 Å². The van der Waals surface area contributed by atoms with Gasteiger partial charge in [0.2, 0.25) is 11.9 Å². The first-order valence-corrected chi connectivity index (χ1v) is 7.62. The summed E-state index contributed by atoms with van der Waals surface area (Å²) in [6.07, 6.45) is -2.15. The molecule has 3 N–H and O–H groups in total. The van der Waals surface area contributed by atoms with Gasteiger partial charge in [0.05, 0.1) is 24.3 Å². The van der Waals surface area contributed by atoms with Crippen molar-refractivity contribution in [2.45, 2.75) is 19.1 Å². The lowest BCUT2D eigenvalue weighted by molar-refractivity contribution is -0.137. The summed E-state index contributed by atoms with van der Waals surface area (Å²) in [5, 5.41) is 2.74. The van der Waals surface area contributed by atoms with Crippen LogP contribution in [0.25, 0.3) is 0 Å². The highest BCUT2D eigenvalue weighted by Crippen LogP contribution is 2.30. The zero-order chi connectivity index (χ0) is 18.0. The summed E-state index contributed by atoms with van der Waals surface area (Å²) < 4.78 is 38.1. The molecule has 6 nitrogen and oxygen atoms in total. The van der Waals surface area contributed by atoms with Gasteiger partial charge in [-0.25, -0.2) is 9.97 Å². The SMILES string of the molecule is Nc1ncc2c(n1)CN(C(=O)CNc1cccc(C(F)(F)F)c1)CC2. The van der Waals surface area contributed by atoms with Crippen LogP contribution in [-0.4, -0.2) is 33.9 Å². The number of halogens is 3. The molecule has 132 valence electrons. The minimum absolute atomic E-state index is 0.1000. The molecule has 1 aliphatic rings. The second kappa shape index (κ2) is 6.58. The van der Waals surface area contributed by atoms with Crippen LogP contribution in [0.2, 0.25) is 0 Å². The number of nitrogen functional groups attached to an aromatic ring is 1. The fourth-order valence-corrected chi connectivity index (χ4v) is 2.63. The number of aromatic nitrogens is 2. The molecule has 2 aromatic rings. The van der Waals surface area contributed by atoms with Crippen LogP contribution >= 0.6 is 0 Å². The van der Waals surface area contributed by atoms with E-state index in [0.717, 1.165) is 17.7 Å². The minimum atomic E-state index is -4.42. The van der Waals surface area contributed by atoms with E-state index in [1.165, 1.54) is 12.1 Å². The molecular weight excluding hydrogens is 335 g/mol. The van der Waals surface area contributed by atoms with Crippen LogP contribution in [0.4, 0.5) is 24.8 Å². The summed E-state index contributed by atoms with van der Waals surface area (Å²) in [6.45, 7) is 0.714. The number of amides is 1. The number of alkyl halides is 3. The molecule has 1 amide bonds. The Hall–Kier alpha value is -2.84. The molecule has 0 spiro atoms. The largest absolute Gasteiger partial charge is 0.416 e. The third kappa shape index (κ3) is 3.98. The quantitative estimate of drug-likeness (QED) is 0.884. The molecule has 1 aromatic heterocycles. The lowest BCUT2D eigenvalue weighted by Gasteiger charge is -2.28. The van der Waals surface area contributed by atoms with Gasteiger partial charge in [-0.3, -0.25) is 4.79 Å². The van der Waals surface area contributed by atoms with Crippen molar-refractivity contribution >= 4 is 17.5 Å². The van der Waals surface area contributed by atoms with Gasteiger partial charge in [-0.05, 0) is 30.2 Å². The van der Waals surface area contributed by atoms with Crippen molar-refractivity contribution in [3.05, 3.63) is 47.3 Å². The monoisotopic (exact) mass is 351 g/mol.